The van der Waals surface area contributed by atoms with Crippen LogP contribution >= 0.6 is 22.9 Å². The average Bonchev–Trinajstić information content (AvgIpc) is 2.76. The molecule has 2 nitrogen and oxygen atoms in total. The van der Waals surface area contributed by atoms with Crippen LogP contribution in [-0.2, 0) is 11.2 Å². The Bertz CT molecular complexity index is 354. The van der Waals surface area contributed by atoms with Crippen LogP contribution in [0.3, 0.4) is 0 Å². The van der Waals surface area contributed by atoms with Crippen molar-refractivity contribution >= 4 is 28.8 Å². The fourth-order valence-corrected chi connectivity index (χ4v) is 3.22. The second kappa shape index (κ2) is 5.87. The van der Waals surface area contributed by atoms with Gasteiger partial charge in [-0.3, -0.25) is 4.79 Å². The van der Waals surface area contributed by atoms with Gasteiger partial charge >= 0.3 is 0 Å². The van der Waals surface area contributed by atoms with Crippen molar-refractivity contribution in [1.82, 2.24) is 5.32 Å². The lowest BCUT2D eigenvalue weighted by Gasteiger charge is -2.41. The summed E-state index contributed by atoms with van der Waals surface area (Å²) in [7, 11) is 0. The lowest BCUT2D eigenvalue weighted by molar-refractivity contribution is -0.123. The summed E-state index contributed by atoms with van der Waals surface area (Å²) in [5, 5.41) is 5.17. The monoisotopic (exact) mass is 271 g/mol. The Labute approximate surface area is 111 Å². The smallest absolute Gasteiger partial charge is 0.220 e. The van der Waals surface area contributed by atoms with Crippen molar-refractivity contribution in [3.8, 4) is 0 Å². The van der Waals surface area contributed by atoms with Crippen molar-refractivity contribution in [3.05, 3.63) is 22.4 Å². The van der Waals surface area contributed by atoms with Crippen molar-refractivity contribution in [1.29, 1.82) is 0 Å². The molecule has 0 bridgehead atoms. The number of nitrogens with one attached hydrogen (secondary N) is 1. The van der Waals surface area contributed by atoms with Gasteiger partial charge in [0.1, 0.15) is 0 Å². The van der Waals surface area contributed by atoms with E-state index in [0.29, 0.717) is 12.3 Å². The molecule has 1 aromatic rings. The zero-order valence-electron chi connectivity index (χ0n) is 9.88. The van der Waals surface area contributed by atoms with Crippen LogP contribution in [0.2, 0.25) is 0 Å². The molecule has 0 radical (unpaired) electrons. The highest BCUT2D eigenvalue weighted by atomic mass is 35.5. The summed E-state index contributed by atoms with van der Waals surface area (Å²) in [6.07, 6.45) is 5.78. The number of hydrogen-bond donors (Lipinski definition) is 1. The quantitative estimate of drug-likeness (QED) is 0.790. The Morgan fingerprint density at radius 3 is 2.88 bits per heavy atom. The molecule has 94 valence electrons. The molecule has 0 aliphatic heterocycles. The highest BCUT2D eigenvalue weighted by Crippen LogP contribution is 2.32. The van der Waals surface area contributed by atoms with E-state index in [9.17, 15) is 4.79 Å². The molecule has 1 heterocycles. The Morgan fingerprint density at radius 2 is 2.35 bits per heavy atom. The number of carbonyl (C=O) groups is 1. The second-order valence-electron chi connectivity index (χ2n) is 4.75. The number of halogens is 1. The van der Waals surface area contributed by atoms with Gasteiger partial charge in [0.25, 0.3) is 0 Å². The summed E-state index contributed by atoms with van der Waals surface area (Å²) in [5.41, 5.74) is -0.0818. The van der Waals surface area contributed by atoms with E-state index in [1.807, 2.05) is 0 Å². The number of aryl methyl sites for hydroxylation is 1. The summed E-state index contributed by atoms with van der Waals surface area (Å²) < 4.78 is 0. The average molecular weight is 272 g/mol. The maximum atomic E-state index is 11.8. The summed E-state index contributed by atoms with van der Waals surface area (Å²) in [4.78, 5) is 13.1. The normalized spacial score (nSPS) is 17.5. The van der Waals surface area contributed by atoms with Gasteiger partial charge in [-0.2, -0.15) is 0 Å². The molecule has 1 amide bonds. The fourth-order valence-electron chi connectivity index (χ4n) is 2.13. The van der Waals surface area contributed by atoms with Crippen molar-refractivity contribution in [2.75, 3.05) is 5.88 Å². The van der Waals surface area contributed by atoms with Crippen LogP contribution < -0.4 is 5.32 Å². The van der Waals surface area contributed by atoms with Crippen LogP contribution in [0.4, 0.5) is 0 Å². The highest BCUT2D eigenvalue weighted by molar-refractivity contribution is 7.09. The molecule has 4 heteroatoms. The lowest BCUT2D eigenvalue weighted by Crippen LogP contribution is -2.54. The Balaban J connectivity index is 1.67. The van der Waals surface area contributed by atoms with E-state index in [-0.39, 0.29) is 11.4 Å². The van der Waals surface area contributed by atoms with Crippen LogP contribution in [0.1, 0.15) is 37.0 Å². The highest BCUT2D eigenvalue weighted by Gasteiger charge is 2.37. The zero-order valence-corrected chi connectivity index (χ0v) is 11.4. The number of rotatable bonds is 6. The van der Waals surface area contributed by atoms with E-state index in [1.165, 1.54) is 11.3 Å². The Morgan fingerprint density at radius 1 is 1.53 bits per heavy atom. The molecule has 1 fully saturated rings. The summed E-state index contributed by atoms with van der Waals surface area (Å²) in [5.74, 6) is 0.700. The topological polar surface area (TPSA) is 29.1 Å². The number of carbonyl (C=O) groups excluding carboxylic acids is 1. The summed E-state index contributed by atoms with van der Waals surface area (Å²) in [6.45, 7) is 0. The first-order valence-corrected chi connectivity index (χ1v) is 7.55. The molecule has 0 unspecified atom stereocenters. The SMILES string of the molecule is O=C(CCCc1cccs1)NC1(CCl)CCC1. The molecule has 1 aliphatic carbocycles. The fraction of sp³-hybridized carbons (Fsp3) is 0.615. The predicted octanol–water partition coefficient (Wildman–Crippen LogP) is 3.35. The number of amides is 1. The molecule has 0 saturated heterocycles. The van der Waals surface area contributed by atoms with E-state index in [2.05, 4.69) is 22.8 Å². The van der Waals surface area contributed by atoms with Gasteiger partial charge in [0.05, 0.1) is 5.54 Å². The largest absolute Gasteiger partial charge is 0.349 e. The third kappa shape index (κ3) is 3.46. The van der Waals surface area contributed by atoms with E-state index in [1.54, 1.807) is 11.3 Å². The summed E-state index contributed by atoms with van der Waals surface area (Å²) >= 11 is 7.66. The van der Waals surface area contributed by atoms with Crippen LogP contribution in [0, 0.1) is 0 Å². The van der Waals surface area contributed by atoms with Crippen LogP contribution in [0.15, 0.2) is 17.5 Å². The van der Waals surface area contributed by atoms with E-state index < -0.39 is 0 Å². The first kappa shape index (κ1) is 12.9. The van der Waals surface area contributed by atoms with Gasteiger partial charge in [-0.1, -0.05) is 6.07 Å². The molecule has 1 aliphatic rings. The van der Waals surface area contributed by atoms with Gasteiger partial charge in [-0.25, -0.2) is 0 Å². The maximum absolute atomic E-state index is 11.8. The van der Waals surface area contributed by atoms with Gasteiger partial charge in [0, 0.05) is 17.2 Å². The third-order valence-corrected chi connectivity index (χ3v) is 4.83. The van der Waals surface area contributed by atoms with Crippen LogP contribution in [0.5, 0.6) is 0 Å². The van der Waals surface area contributed by atoms with Gasteiger partial charge in [-0.15, -0.1) is 22.9 Å². The molecule has 0 aromatic carbocycles. The van der Waals surface area contributed by atoms with Crippen LogP contribution in [-0.4, -0.2) is 17.3 Å². The Hall–Kier alpha value is -0.540. The van der Waals surface area contributed by atoms with Gasteiger partial charge in [0.15, 0.2) is 0 Å². The van der Waals surface area contributed by atoms with Gasteiger partial charge in [0.2, 0.25) is 5.91 Å². The van der Waals surface area contributed by atoms with Crippen LogP contribution in [0.25, 0.3) is 0 Å². The standard InChI is InChI=1S/C13H18ClNOS/c14-10-13(7-3-8-13)15-12(16)6-1-4-11-5-2-9-17-11/h2,5,9H,1,3-4,6-8,10H2,(H,15,16). The van der Waals surface area contributed by atoms with Crippen molar-refractivity contribution in [3.63, 3.8) is 0 Å². The third-order valence-electron chi connectivity index (χ3n) is 3.38. The molecular weight excluding hydrogens is 254 g/mol. The number of alkyl halides is 1. The minimum atomic E-state index is -0.0818. The maximum Gasteiger partial charge on any atom is 0.220 e. The molecule has 1 saturated carbocycles. The van der Waals surface area contributed by atoms with Crippen molar-refractivity contribution in [2.24, 2.45) is 0 Å². The van der Waals surface area contributed by atoms with E-state index >= 15 is 0 Å². The van der Waals surface area contributed by atoms with E-state index in [4.69, 9.17) is 11.6 Å². The molecular formula is C13H18ClNOS. The molecule has 1 N–H and O–H groups in total. The second-order valence-corrected chi connectivity index (χ2v) is 6.05. The minimum Gasteiger partial charge on any atom is -0.349 e. The minimum absolute atomic E-state index is 0.0818. The van der Waals surface area contributed by atoms with Crippen molar-refractivity contribution < 1.29 is 4.79 Å². The molecule has 2 rings (SSSR count). The summed E-state index contributed by atoms with van der Waals surface area (Å²) in [6, 6.07) is 4.17. The molecule has 1 aromatic heterocycles. The molecule has 0 atom stereocenters. The van der Waals surface area contributed by atoms with Crippen molar-refractivity contribution in [2.45, 2.75) is 44.1 Å². The Kier molecular flexibility index (Phi) is 4.46. The number of thiophene rings is 1. The number of hydrogen-bond acceptors (Lipinski definition) is 2. The van der Waals surface area contributed by atoms with Gasteiger partial charge in [-0.05, 0) is 43.6 Å². The first-order valence-electron chi connectivity index (χ1n) is 6.13. The lowest BCUT2D eigenvalue weighted by atomic mass is 9.78. The zero-order chi connectivity index (χ0) is 12.1. The van der Waals surface area contributed by atoms with E-state index in [0.717, 1.165) is 25.7 Å². The first-order chi connectivity index (χ1) is 8.24. The molecule has 17 heavy (non-hydrogen) atoms. The van der Waals surface area contributed by atoms with Gasteiger partial charge < -0.3 is 5.32 Å². The molecule has 0 spiro atoms. The predicted molar refractivity (Wildman–Crippen MR) is 72.7 cm³/mol.